The second-order valence-corrected chi connectivity index (χ2v) is 7.49. The summed E-state index contributed by atoms with van der Waals surface area (Å²) in [4.78, 5) is 2.65. The predicted octanol–water partition coefficient (Wildman–Crippen LogP) is 3.57. The summed E-state index contributed by atoms with van der Waals surface area (Å²) in [6, 6.07) is 9.26. The Morgan fingerprint density at radius 3 is 2.36 bits per heavy atom. The normalized spacial score (nSPS) is 29.5. The summed E-state index contributed by atoms with van der Waals surface area (Å²) >= 11 is 0. The molecule has 2 heteroatoms. The van der Waals surface area contributed by atoms with Gasteiger partial charge in [0.15, 0.2) is 0 Å². The lowest BCUT2D eigenvalue weighted by Crippen LogP contribution is -2.32. The fourth-order valence-electron chi connectivity index (χ4n) is 4.47. The molecule has 22 heavy (non-hydrogen) atoms. The quantitative estimate of drug-likeness (QED) is 0.900. The van der Waals surface area contributed by atoms with Gasteiger partial charge < -0.3 is 5.73 Å². The van der Waals surface area contributed by atoms with Gasteiger partial charge in [-0.05, 0) is 67.2 Å². The first kappa shape index (κ1) is 15.8. The van der Waals surface area contributed by atoms with Crippen LogP contribution in [0.3, 0.4) is 0 Å². The van der Waals surface area contributed by atoms with Crippen LogP contribution in [0.4, 0.5) is 0 Å². The molecule has 1 saturated heterocycles. The molecule has 2 N–H and O–H groups in total. The Labute approximate surface area is 135 Å². The van der Waals surface area contributed by atoms with Crippen LogP contribution >= 0.6 is 0 Å². The third-order valence-corrected chi connectivity index (χ3v) is 5.82. The first-order valence-electron chi connectivity index (χ1n) is 8.80. The van der Waals surface area contributed by atoms with Gasteiger partial charge in [0.2, 0.25) is 0 Å². The number of benzene rings is 1. The Bertz CT molecular complexity index is 505. The molecule has 1 aliphatic carbocycles. The molecule has 0 amide bonds. The molecule has 3 atom stereocenters. The molecule has 3 unspecified atom stereocenters. The molecule has 120 valence electrons. The molecular formula is C20H30N2. The highest BCUT2D eigenvalue weighted by Crippen LogP contribution is 2.42. The third kappa shape index (κ3) is 3.13. The number of rotatable bonds is 5. The van der Waals surface area contributed by atoms with Crippen LogP contribution < -0.4 is 5.73 Å². The molecule has 0 bridgehead atoms. The van der Waals surface area contributed by atoms with E-state index in [0.29, 0.717) is 12.6 Å². The van der Waals surface area contributed by atoms with Crippen molar-refractivity contribution in [2.45, 2.75) is 39.2 Å². The summed E-state index contributed by atoms with van der Waals surface area (Å²) < 4.78 is 0. The van der Waals surface area contributed by atoms with Crippen molar-refractivity contribution in [2.24, 2.45) is 23.5 Å². The summed E-state index contributed by atoms with van der Waals surface area (Å²) in [6.07, 6.45) is 3.80. The van der Waals surface area contributed by atoms with E-state index in [-0.39, 0.29) is 0 Å². The molecule has 2 fully saturated rings. The van der Waals surface area contributed by atoms with Crippen LogP contribution in [0, 0.1) is 17.8 Å². The topological polar surface area (TPSA) is 29.3 Å². The maximum absolute atomic E-state index is 5.62. The zero-order valence-electron chi connectivity index (χ0n) is 14.1. The average Bonchev–Trinajstić information content (AvgIpc) is 3.04. The van der Waals surface area contributed by atoms with E-state index < -0.39 is 0 Å². The molecule has 0 radical (unpaired) electrons. The van der Waals surface area contributed by atoms with Crippen molar-refractivity contribution in [1.29, 1.82) is 0 Å². The largest absolute Gasteiger partial charge is 0.330 e. The van der Waals surface area contributed by atoms with E-state index in [2.05, 4.69) is 49.6 Å². The Hall–Kier alpha value is -1.12. The van der Waals surface area contributed by atoms with Gasteiger partial charge in [0.25, 0.3) is 0 Å². The lowest BCUT2D eigenvalue weighted by molar-refractivity contribution is 0.274. The highest BCUT2D eigenvalue weighted by Gasteiger charge is 2.40. The molecule has 1 aromatic rings. The first-order chi connectivity index (χ1) is 10.6. The average molecular weight is 298 g/mol. The molecule has 2 aliphatic rings. The number of fused-ring (bicyclic) bond motifs is 1. The summed E-state index contributed by atoms with van der Waals surface area (Å²) in [7, 11) is 0. The highest BCUT2D eigenvalue weighted by atomic mass is 15.2. The van der Waals surface area contributed by atoms with Crippen molar-refractivity contribution in [1.82, 2.24) is 4.90 Å². The molecule has 1 aliphatic heterocycles. The zero-order chi connectivity index (χ0) is 15.7. The van der Waals surface area contributed by atoms with E-state index in [0.717, 1.165) is 24.2 Å². The fraction of sp³-hybridized carbons (Fsp3) is 0.600. The van der Waals surface area contributed by atoms with E-state index in [4.69, 9.17) is 5.73 Å². The fourth-order valence-corrected chi connectivity index (χ4v) is 4.47. The number of hydrogen-bond acceptors (Lipinski definition) is 2. The van der Waals surface area contributed by atoms with E-state index in [9.17, 15) is 0 Å². The summed E-state index contributed by atoms with van der Waals surface area (Å²) in [6.45, 7) is 12.4. The minimum absolute atomic E-state index is 0.446. The standard InChI is InChI=1S/C20H30N2/c1-14-10-19-12-22(13-20(19)11-14)16(3)15(2)18-6-4-17(5-7-18)8-9-21/h4-7,14,16,19-20H,2,8-13,21H2,1,3H3. The van der Waals surface area contributed by atoms with Crippen molar-refractivity contribution in [2.75, 3.05) is 19.6 Å². The van der Waals surface area contributed by atoms with Gasteiger partial charge in [-0.2, -0.15) is 0 Å². The van der Waals surface area contributed by atoms with Gasteiger partial charge in [0.1, 0.15) is 0 Å². The molecule has 3 rings (SSSR count). The highest BCUT2D eigenvalue weighted by molar-refractivity contribution is 5.67. The van der Waals surface area contributed by atoms with E-state index in [1.807, 2.05) is 0 Å². The van der Waals surface area contributed by atoms with Gasteiger partial charge in [-0.15, -0.1) is 0 Å². The minimum atomic E-state index is 0.446. The number of nitrogens with two attached hydrogens (primary N) is 1. The predicted molar refractivity (Wildman–Crippen MR) is 94.6 cm³/mol. The van der Waals surface area contributed by atoms with Gasteiger partial charge in [0, 0.05) is 19.1 Å². The maximum Gasteiger partial charge on any atom is 0.0320 e. The molecular weight excluding hydrogens is 268 g/mol. The molecule has 1 heterocycles. The zero-order valence-corrected chi connectivity index (χ0v) is 14.1. The summed E-state index contributed by atoms with van der Waals surface area (Å²) in [5.41, 5.74) is 9.47. The molecule has 0 aromatic heterocycles. The Morgan fingerprint density at radius 1 is 1.23 bits per heavy atom. The van der Waals surface area contributed by atoms with E-state index in [1.54, 1.807) is 0 Å². The lowest BCUT2D eigenvalue weighted by Gasteiger charge is -2.27. The van der Waals surface area contributed by atoms with Gasteiger partial charge in [-0.3, -0.25) is 4.90 Å². The van der Waals surface area contributed by atoms with Crippen molar-refractivity contribution < 1.29 is 0 Å². The van der Waals surface area contributed by atoms with Crippen molar-refractivity contribution in [3.63, 3.8) is 0 Å². The van der Waals surface area contributed by atoms with Crippen LogP contribution in [0.2, 0.25) is 0 Å². The first-order valence-corrected chi connectivity index (χ1v) is 8.80. The van der Waals surface area contributed by atoms with Crippen LogP contribution in [-0.4, -0.2) is 30.6 Å². The third-order valence-electron chi connectivity index (χ3n) is 5.82. The summed E-state index contributed by atoms with van der Waals surface area (Å²) in [5.74, 6) is 2.79. The van der Waals surface area contributed by atoms with Gasteiger partial charge in [-0.1, -0.05) is 37.8 Å². The Morgan fingerprint density at radius 2 is 1.82 bits per heavy atom. The van der Waals surface area contributed by atoms with Crippen molar-refractivity contribution >= 4 is 5.57 Å². The van der Waals surface area contributed by atoms with Crippen molar-refractivity contribution in [3.8, 4) is 0 Å². The van der Waals surface area contributed by atoms with E-state index >= 15 is 0 Å². The number of nitrogens with zero attached hydrogens (tertiary/aromatic N) is 1. The second-order valence-electron chi connectivity index (χ2n) is 7.49. The molecule has 1 aromatic carbocycles. The van der Waals surface area contributed by atoms with Crippen LogP contribution in [0.25, 0.3) is 5.57 Å². The second kappa shape index (κ2) is 6.55. The van der Waals surface area contributed by atoms with E-state index in [1.165, 1.54) is 42.6 Å². The molecule has 1 saturated carbocycles. The number of hydrogen-bond donors (Lipinski definition) is 1. The summed E-state index contributed by atoms with van der Waals surface area (Å²) in [5, 5.41) is 0. The Balaban J connectivity index is 1.62. The van der Waals surface area contributed by atoms with Gasteiger partial charge in [-0.25, -0.2) is 0 Å². The van der Waals surface area contributed by atoms with Crippen LogP contribution in [-0.2, 0) is 6.42 Å². The maximum atomic E-state index is 5.62. The van der Waals surface area contributed by atoms with Crippen LogP contribution in [0.15, 0.2) is 30.8 Å². The lowest BCUT2D eigenvalue weighted by atomic mass is 9.98. The Kier molecular flexibility index (Phi) is 4.70. The van der Waals surface area contributed by atoms with Crippen LogP contribution in [0.1, 0.15) is 37.8 Å². The SMILES string of the molecule is C=C(c1ccc(CCN)cc1)C(C)N1CC2CC(C)CC2C1. The molecule has 2 nitrogen and oxygen atoms in total. The monoisotopic (exact) mass is 298 g/mol. The van der Waals surface area contributed by atoms with Gasteiger partial charge in [0.05, 0.1) is 0 Å². The van der Waals surface area contributed by atoms with Gasteiger partial charge >= 0.3 is 0 Å². The molecule has 0 spiro atoms. The number of likely N-dealkylation sites (tertiary alicyclic amines) is 1. The smallest absolute Gasteiger partial charge is 0.0320 e. The van der Waals surface area contributed by atoms with Crippen LogP contribution in [0.5, 0.6) is 0 Å². The minimum Gasteiger partial charge on any atom is -0.330 e. The van der Waals surface area contributed by atoms with Crippen molar-refractivity contribution in [3.05, 3.63) is 42.0 Å².